The van der Waals surface area contributed by atoms with E-state index < -0.39 is 6.10 Å². The number of nitrogens with zero attached hydrogens (tertiary/aromatic N) is 3. The number of carbonyl (C=O) groups is 1. The van der Waals surface area contributed by atoms with Gasteiger partial charge in [-0.2, -0.15) is 0 Å². The maximum Gasteiger partial charge on any atom is 0.223 e. The molecule has 2 aliphatic rings. The number of aliphatic hydroxyl groups excluding tert-OH is 1. The number of likely N-dealkylation sites (tertiary alicyclic amines) is 1. The molecule has 1 amide bonds. The van der Waals surface area contributed by atoms with Crippen molar-refractivity contribution in [1.82, 2.24) is 10.2 Å². The highest BCUT2D eigenvalue weighted by molar-refractivity contribution is 5.99. The molecule has 1 aliphatic carbocycles. The topological polar surface area (TPSA) is 77.3 Å². The number of allylic oxidation sites excluding steroid dienone is 5. The maximum atomic E-state index is 12.1. The third kappa shape index (κ3) is 11.5. The molecule has 2 N–H and O–H groups in total. The third-order valence-corrected chi connectivity index (χ3v) is 6.06. The number of piperidine rings is 1. The Hall–Kier alpha value is -2.73. The molecule has 0 aromatic rings. The first-order valence-electron chi connectivity index (χ1n) is 12.8. The molecule has 2 rings (SSSR count). The lowest BCUT2D eigenvalue weighted by Crippen LogP contribution is -2.45. The van der Waals surface area contributed by atoms with Crippen LogP contribution >= 0.6 is 0 Å². The third-order valence-electron chi connectivity index (χ3n) is 6.06. The lowest BCUT2D eigenvalue weighted by Gasteiger charge is -2.36. The molecule has 1 aliphatic heterocycles. The molecule has 2 atom stereocenters. The molecular formula is C29H44N4O2. The van der Waals surface area contributed by atoms with E-state index in [-0.39, 0.29) is 11.8 Å². The number of amides is 1. The van der Waals surface area contributed by atoms with Crippen LogP contribution in [0.2, 0.25) is 0 Å². The molecule has 1 saturated carbocycles. The maximum absolute atomic E-state index is 12.1. The largest absolute Gasteiger partial charge is 0.389 e. The van der Waals surface area contributed by atoms with Crippen molar-refractivity contribution in [3.63, 3.8) is 0 Å². The summed E-state index contributed by atoms with van der Waals surface area (Å²) in [5.74, 6) is 1.81. The summed E-state index contributed by atoms with van der Waals surface area (Å²) in [6.07, 6.45) is 16.3. The molecule has 1 heterocycles. The van der Waals surface area contributed by atoms with Crippen molar-refractivity contribution in [2.75, 3.05) is 32.7 Å². The summed E-state index contributed by atoms with van der Waals surface area (Å²) in [6.45, 7) is 17.3. The fraction of sp³-hybridized carbons (Fsp3) is 0.552. The van der Waals surface area contributed by atoms with E-state index >= 15 is 0 Å². The van der Waals surface area contributed by atoms with E-state index in [1.807, 2.05) is 18.2 Å². The van der Waals surface area contributed by atoms with E-state index in [1.54, 1.807) is 13.0 Å². The number of nitrogens with one attached hydrogen (secondary N) is 1. The summed E-state index contributed by atoms with van der Waals surface area (Å²) in [5.41, 5.74) is 3.24. The summed E-state index contributed by atoms with van der Waals surface area (Å²) < 4.78 is 0. The van der Waals surface area contributed by atoms with Gasteiger partial charge in [0.2, 0.25) is 5.91 Å². The molecule has 2 unspecified atom stereocenters. The van der Waals surface area contributed by atoms with Crippen LogP contribution in [0.4, 0.5) is 0 Å². The van der Waals surface area contributed by atoms with Crippen molar-refractivity contribution in [3.05, 3.63) is 59.8 Å². The van der Waals surface area contributed by atoms with Gasteiger partial charge in [-0.15, -0.1) is 0 Å². The van der Waals surface area contributed by atoms with Gasteiger partial charge in [-0.3, -0.25) is 14.8 Å². The van der Waals surface area contributed by atoms with Gasteiger partial charge < -0.3 is 15.3 Å². The molecule has 0 bridgehead atoms. The van der Waals surface area contributed by atoms with Crippen LogP contribution in [0.5, 0.6) is 0 Å². The van der Waals surface area contributed by atoms with E-state index in [9.17, 15) is 9.90 Å². The molecule has 6 nitrogen and oxygen atoms in total. The van der Waals surface area contributed by atoms with Gasteiger partial charge in [-0.25, -0.2) is 0 Å². The number of aliphatic imine (C=N–C) groups is 2. The SMILES string of the molecule is C=NC/C(=C\CC=C(C)C)C(=NCC(=C)/C=C\C=C/C(C)O)N1CCCC(CNC(=O)C2CC2)C1. The number of carbonyl (C=O) groups excluding carboxylic acids is 1. The molecule has 0 aromatic carbocycles. The monoisotopic (exact) mass is 480 g/mol. The van der Waals surface area contributed by atoms with Gasteiger partial charge in [-0.1, -0.05) is 48.6 Å². The van der Waals surface area contributed by atoms with Crippen molar-refractivity contribution in [3.8, 4) is 0 Å². The van der Waals surface area contributed by atoms with Gasteiger partial charge in [0.25, 0.3) is 0 Å². The van der Waals surface area contributed by atoms with E-state index in [2.05, 4.69) is 54.5 Å². The van der Waals surface area contributed by atoms with Gasteiger partial charge in [0.15, 0.2) is 0 Å². The van der Waals surface area contributed by atoms with E-state index in [0.29, 0.717) is 19.0 Å². The Morgan fingerprint density at radius 1 is 1.20 bits per heavy atom. The lowest BCUT2D eigenvalue weighted by atomic mass is 9.96. The van der Waals surface area contributed by atoms with E-state index in [0.717, 1.165) is 68.7 Å². The lowest BCUT2D eigenvalue weighted by molar-refractivity contribution is -0.122. The molecule has 35 heavy (non-hydrogen) atoms. The number of amidine groups is 1. The van der Waals surface area contributed by atoms with Crippen LogP contribution in [0.1, 0.15) is 52.9 Å². The Bertz CT molecular complexity index is 871. The van der Waals surface area contributed by atoms with Gasteiger partial charge in [-0.05, 0) is 71.1 Å². The summed E-state index contributed by atoms with van der Waals surface area (Å²) in [6, 6.07) is 0. The quantitative estimate of drug-likeness (QED) is 0.174. The van der Waals surface area contributed by atoms with Crippen LogP contribution in [-0.4, -0.2) is 67.3 Å². The first-order valence-corrected chi connectivity index (χ1v) is 12.8. The van der Waals surface area contributed by atoms with Crippen LogP contribution < -0.4 is 5.32 Å². The molecule has 192 valence electrons. The summed E-state index contributed by atoms with van der Waals surface area (Å²) in [5, 5.41) is 12.5. The van der Waals surface area contributed by atoms with Crippen LogP contribution in [-0.2, 0) is 4.79 Å². The standard InChI is InChI=1S/C29H44N4O2/c1-22(2)10-8-14-27(20-30-5)28(31-18-23(3)11-6-7-12-24(4)34)33-17-9-13-25(21-33)19-32-29(35)26-15-16-26/h6-7,10-12,14,24-26,34H,3,5,8-9,13,15-21H2,1-2,4H3,(H,32,35)/b11-6-,12-7-,27-14+,31-28?. The number of rotatable bonds is 13. The molecule has 6 heteroatoms. The first-order chi connectivity index (χ1) is 16.8. The predicted octanol–water partition coefficient (Wildman–Crippen LogP) is 4.66. The Morgan fingerprint density at radius 3 is 2.63 bits per heavy atom. The van der Waals surface area contributed by atoms with Gasteiger partial charge >= 0.3 is 0 Å². The van der Waals surface area contributed by atoms with Crippen molar-refractivity contribution < 1.29 is 9.90 Å². The highest BCUT2D eigenvalue weighted by Crippen LogP contribution is 2.29. The second-order valence-corrected chi connectivity index (χ2v) is 9.88. The second kappa shape index (κ2) is 15.3. The van der Waals surface area contributed by atoms with Gasteiger partial charge in [0.05, 0.1) is 19.2 Å². The number of aliphatic hydroxyl groups is 1. The second-order valence-electron chi connectivity index (χ2n) is 9.88. The average Bonchev–Trinajstić information content (AvgIpc) is 3.66. The summed E-state index contributed by atoms with van der Waals surface area (Å²) in [4.78, 5) is 23.7. The van der Waals surface area contributed by atoms with E-state index in [1.165, 1.54) is 5.57 Å². The van der Waals surface area contributed by atoms with Crippen molar-refractivity contribution in [1.29, 1.82) is 0 Å². The highest BCUT2D eigenvalue weighted by Gasteiger charge is 2.30. The van der Waals surface area contributed by atoms with Crippen LogP contribution in [0.3, 0.4) is 0 Å². The van der Waals surface area contributed by atoms with Crippen molar-refractivity contribution in [2.45, 2.75) is 59.0 Å². The van der Waals surface area contributed by atoms with Gasteiger partial charge in [0.1, 0.15) is 5.84 Å². The fourth-order valence-electron chi connectivity index (χ4n) is 3.99. The zero-order valence-electron chi connectivity index (χ0n) is 21.9. The number of hydrogen-bond donors (Lipinski definition) is 2. The van der Waals surface area contributed by atoms with Crippen LogP contribution in [0.15, 0.2) is 69.7 Å². The molecular weight excluding hydrogens is 436 g/mol. The zero-order chi connectivity index (χ0) is 25.6. The highest BCUT2D eigenvalue weighted by atomic mass is 16.3. The minimum atomic E-state index is -0.474. The van der Waals surface area contributed by atoms with Crippen LogP contribution in [0.25, 0.3) is 0 Å². The minimum Gasteiger partial charge on any atom is -0.389 e. The molecule has 0 spiro atoms. The van der Waals surface area contributed by atoms with Crippen molar-refractivity contribution >= 4 is 18.5 Å². The van der Waals surface area contributed by atoms with Crippen molar-refractivity contribution in [2.24, 2.45) is 21.8 Å². The Morgan fingerprint density at radius 2 is 1.97 bits per heavy atom. The molecule has 0 radical (unpaired) electrons. The molecule has 2 fully saturated rings. The average molecular weight is 481 g/mol. The summed E-state index contributed by atoms with van der Waals surface area (Å²) in [7, 11) is 0. The Labute approximate surface area is 212 Å². The fourth-order valence-corrected chi connectivity index (χ4v) is 3.99. The Kier molecular flexibility index (Phi) is 12.5. The minimum absolute atomic E-state index is 0.210. The van der Waals surface area contributed by atoms with Crippen LogP contribution in [0, 0.1) is 11.8 Å². The van der Waals surface area contributed by atoms with E-state index in [4.69, 9.17) is 4.99 Å². The molecule has 0 aromatic heterocycles. The summed E-state index contributed by atoms with van der Waals surface area (Å²) >= 11 is 0. The number of hydrogen-bond acceptors (Lipinski definition) is 4. The molecule has 1 saturated heterocycles. The predicted molar refractivity (Wildman–Crippen MR) is 148 cm³/mol. The smallest absolute Gasteiger partial charge is 0.223 e. The normalized spacial score (nSPS) is 20.2. The Balaban J connectivity index is 2.17. The van der Waals surface area contributed by atoms with Gasteiger partial charge in [0, 0.05) is 31.1 Å². The zero-order valence-corrected chi connectivity index (χ0v) is 21.9. The first kappa shape index (κ1) is 28.5.